The van der Waals surface area contributed by atoms with E-state index in [1.165, 1.54) is 74.5 Å². The first-order valence-electron chi connectivity index (χ1n) is 15.0. The largest absolute Gasteiger partial charge is 0.0996 e. The van der Waals surface area contributed by atoms with Gasteiger partial charge in [-0.3, -0.25) is 0 Å². The second-order valence-electron chi connectivity index (χ2n) is 14.7. The van der Waals surface area contributed by atoms with Gasteiger partial charge in [-0.05, 0) is 115 Å². The molecule has 0 bridgehead atoms. The molecule has 0 radical (unpaired) electrons. The quantitative estimate of drug-likeness (QED) is 0.334. The van der Waals surface area contributed by atoms with Gasteiger partial charge in [0.2, 0.25) is 0 Å². The van der Waals surface area contributed by atoms with Crippen molar-refractivity contribution in [3.05, 3.63) is 47.6 Å². The molecule has 0 heteroatoms. The summed E-state index contributed by atoms with van der Waals surface area (Å²) in [5, 5.41) is 0. The first-order chi connectivity index (χ1) is 16.2. The van der Waals surface area contributed by atoms with Crippen LogP contribution in [0.2, 0.25) is 0 Å². The highest BCUT2D eigenvalue weighted by Crippen LogP contribution is 2.77. The van der Waals surface area contributed by atoms with Gasteiger partial charge in [-0.15, -0.1) is 0 Å². The Hall–Kier alpha value is -1.04. The summed E-state index contributed by atoms with van der Waals surface area (Å²) >= 11 is 0. The second kappa shape index (κ2) is 8.77. The fourth-order valence-electron chi connectivity index (χ4n) is 9.91. The second-order valence-corrected chi connectivity index (χ2v) is 14.7. The van der Waals surface area contributed by atoms with Crippen LogP contribution in [0.3, 0.4) is 0 Å². The summed E-state index contributed by atoms with van der Waals surface area (Å²) in [5.41, 5.74) is 9.20. The van der Waals surface area contributed by atoms with Crippen molar-refractivity contribution in [2.24, 2.45) is 51.2 Å². The molecule has 0 nitrogen and oxygen atoms in total. The smallest absolute Gasteiger partial charge is 0.00358 e. The predicted octanol–water partition coefficient (Wildman–Crippen LogP) is 10.7. The van der Waals surface area contributed by atoms with Crippen LogP contribution >= 0.6 is 0 Å². The molecular formula is C35H56. The van der Waals surface area contributed by atoms with Gasteiger partial charge in [0.05, 0.1) is 0 Å². The van der Waals surface area contributed by atoms with Crippen LogP contribution in [0.25, 0.3) is 0 Å². The zero-order valence-corrected chi connectivity index (χ0v) is 24.9. The lowest BCUT2D eigenvalue weighted by Gasteiger charge is -2.63. The fraction of sp³-hybridized carbons (Fsp3) is 0.771. The third-order valence-electron chi connectivity index (χ3n) is 13.3. The molecule has 0 amide bonds. The zero-order chi connectivity index (χ0) is 26.1. The summed E-state index contributed by atoms with van der Waals surface area (Å²) in [5.74, 6) is 3.36. The molecule has 2 fully saturated rings. The molecule has 8 unspecified atom stereocenters. The van der Waals surface area contributed by atoms with E-state index >= 15 is 0 Å². The van der Waals surface area contributed by atoms with Crippen LogP contribution in [-0.4, -0.2) is 0 Å². The maximum absolute atomic E-state index is 4.91. The normalized spacial score (nSPS) is 44.2. The van der Waals surface area contributed by atoms with Gasteiger partial charge in [0.15, 0.2) is 0 Å². The summed E-state index contributed by atoms with van der Waals surface area (Å²) in [6, 6.07) is 0. The van der Waals surface area contributed by atoms with Crippen molar-refractivity contribution < 1.29 is 0 Å². The van der Waals surface area contributed by atoms with E-state index in [1.54, 1.807) is 5.57 Å². The average molecular weight is 477 g/mol. The van der Waals surface area contributed by atoms with Crippen LogP contribution in [0.15, 0.2) is 47.6 Å². The lowest BCUT2D eigenvalue weighted by molar-refractivity contribution is -0.0352. The van der Waals surface area contributed by atoms with E-state index in [0.717, 1.165) is 5.92 Å². The van der Waals surface area contributed by atoms with Gasteiger partial charge in [-0.2, -0.15) is 0 Å². The first-order valence-corrected chi connectivity index (χ1v) is 15.0. The van der Waals surface area contributed by atoms with E-state index in [4.69, 9.17) is 6.58 Å². The topological polar surface area (TPSA) is 0 Å². The maximum Gasteiger partial charge on any atom is -0.00358 e. The summed E-state index contributed by atoms with van der Waals surface area (Å²) < 4.78 is 0. The van der Waals surface area contributed by atoms with Gasteiger partial charge < -0.3 is 0 Å². The van der Waals surface area contributed by atoms with Gasteiger partial charge in [-0.25, -0.2) is 0 Å². The number of rotatable bonds is 6. The van der Waals surface area contributed by atoms with Crippen LogP contribution in [0.5, 0.6) is 0 Å². The Morgan fingerprint density at radius 3 is 2.29 bits per heavy atom. The van der Waals surface area contributed by atoms with Gasteiger partial charge in [-0.1, -0.05) is 104 Å². The summed E-state index contributed by atoms with van der Waals surface area (Å²) in [4.78, 5) is 0. The van der Waals surface area contributed by atoms with E-state index in [2.05, 4.69) is 75.5 Å². The van der Waals surface area contributed by atoms with Gasteiger partial charge in [0, 0.05) is 0 Å². The molecule has 2 saturated carbocycles. The van der Waals surface area contributed by atoms with Crippen molar-refractivity contribution in [1.82, 2.24) is 0 Å². The van der Waals surface area contributed by atoms with Crippen LogP contribution in [0, 0.1) is 51.2 Å². The van der Waals surface area contributed by atoms with Crippen molar-refractivity contribution in [3.63, 3.8) is 0 Å². The standard InChI is InChI=1S/C35H56/c1-13-28-20-29-27(8)24(5)16-17-32(29,9)30-25(6)21-35(12)33(10,18-19-34(35,11)31(28)30)26(7)15-14-23(4)22(2)3/h22,26-29H,4-6,13-21H2,1-3,7-12H3. The molecule has 0 spiro atoms. The molecule has 0 aromatic carbocycles. The Balaban J connectivity index is 1.79. The number of fused-ring (bicyclic) bond motifs is 4. The van der Waals surface area contributed by atoms with Crippen LogP contribution < -0.4 is 0 Å². The predicted molar refractivity (Wildman–Crippen MR) is 154 cm³/mol. The van der Waals surface area contributed by atoms with Crippen molar-refractivity contribution in [2.75, 3.05) is 0 Å². The number of hydrogen-bond donors (Lipinski definition) is 0. The zero-order valence-electron chi connectivity index (χ0n) is 24.9. The van der Waals surface area contributed by atoms with Crippen LogP contribution in [0.1, 0.15) is 120 Å². The summed E-state index contributed by atoms with van der Waals surface area (Å²) in [6.45, 7) is 36.5. The van der Waals surface area contributed by atoms with Crippen molar-refractivity contribution >= 4 is 0 Å². The highest BCUT2D eigenvalue weighted by molar-refractivity contribution is 5.52. The molecule has 4 aliphatic carbocycles. The molecule has 0 saturated heterocycles. The molecular weight excluding hydrogens is 420 g/mol. The minimum absolute atomic E-state index is 0.273. The van der Waals surface area contributed by atoms with Crippen molar-refractivity contribution in [1.29, 1.82) is 0 Å². The third kappa shape index (κ3) is 3.58. The van der Waals surface area contributed by atoms with Gasteiger partial charge in [0.25, 0.3) is 0 Å². The molecule has 196 valence electrons. The number of allylic oxidation sites excluding steroid dienone is 5. The molecule has 4 aliphatic rings. The third-order valence-corrected chi connectivity index (χ3v) is 13.3. The summed E-state index contributed by atoms with van der Waals surface area (Å²) in [7, 11) is 0. The monoisotopic (exact) mass is 476 g/mol. The van der Waals surface area contributed by atoms with E-state index in [9.17, 15) is 0 Å². The van der Waals surface area contributed by atoms with Crippen LogP contribution in [0.4, 0.5) is 0 Å². The lowest BCUT2D eigenvalue weighted by Crippen LogP contribution is -2.55. The Labute approximate surface area is 218 Å². The van der Waals surface area contributed by atoms with E-state index in [0.29, 0.717) is 29.1 Å². The molecule has 8 atom stereocenters. The highest BCUT2D eigenvalue weighted by Gasteiger charge is 2.68. The molecule has 0 aromatic rings. The molecule has 0 aromatic heterocycles. The minimum Gasteiger partial charge on any atom is -0.0996 e. The Morgan fingerprint density at radius 1 is 1.03 bits per heavy atom. The Kier molecular flexibility index (Phi) is 6.77. The summed E-state index contributed by atoms with van der Waals surface area (Å²) in [6.07, 6.45) is 11.4. The number of hydrogen-bond acceptors (Lipinski definition) is 0. The van der Waals surface area contributed by atoms with Crippen molar-refractivity contribution in [3.8, 4) is 0 Å². The minimum atomic E-state index is 0.273. The lowest BCUT2D eigenvalue weighted by atomic mass is 9.40. The maximum atomic E-state index is 4.91. The highest BCUT2D eigenvalue weighted by atomic mass is 14.7. The average Bonchev–Trinajstić information content (AvgIpc) is 3.01. The van der Waals surface area contributed by atoms with E-state index in [-0.39, 0.29) is 16.2 Å². The van der Waals surface area contributed by atoms with Crippen LogP contribution in [-0.2, 0) is 0 Å². The fourth-order valence-corrected chi connectivity index (χ4v) is 9.91. The first kappa shape index (κ1) is 27.0. The Bertz CT molecular complexity index is 943. The molecule has 0 aliphatic heterocycles. The van der Waals surface area contributed by atoms with Gasteiger partial charge >= 0.3 is 0 Å². The molecule has 35 heavy (non-hydrogen) atoms. The van der Waals surface area contributed by atoms with Crippen molar-refractivity contribution in [2.45, 2.75) is 120 Å². The van der Waals surface area contributed by atoms with E-state index in [1.807, 2.05) is 5.57 Å². The van der Waals surface area contributed by atoms with Gasteiger partial charge in [0.1, 0.15) is 0 Å². The SMILES string of the molecule is C=C1CC2(C)C(C)(CCC2(C)C(C)CCC(=C)C(C)C)C2=C1C1(C)CCC(=C)C(C)C1CC2CC. The molecule has 4 rings (SSSR count). The molecule has 0 N–H and O–H groups in total. The van der Waals surface area contributed by atoms with E-state index < -0.39 is 0 Å². The Morgan fingerprint density at radius 2 is 1.69 bits per heavy atom. The molecule has 0 heterocycles.